The Hall–Kier alpha value is -2.69. The van der Waals surface area contributed by atoms with Gasteiger partial charge in [-0.05, 0) is 24.0 Å². The maximum Gasteiger partial charge on any atom is 0.241 e. The lowest BCUT2D eigenvalue weighted by Crippen LogP contribution is -2.57. The molecule has 29 heavy (non-hydrogen) atoms. The maximum absolute atomic E-state index is 12.6. The molecule has 2 aromatic rings. The van der Waals surface area contributed by atoms with Crippen LogP contribution < -0.4 is 11.1 Å². The summed E-state index contributed by atoms with van der Waals surface area (Å²) in [4.78, 5) is 12.6. The molecule has 1 aromatic heterocycles. The Morgan fingerprint density at radius 3 is 2.69 bits per heavy atom. The van der Waals surface area contributed by atoms with E-state index in [1.165, 1.54) is 0 Å². The van der Waals surface area contributed by atoms with E-state index in [9.17, 15) is 10.1 Å². The van der Waals surface area contributed by atoms with Gasteiger partial charge in [-0.3, -0.25) is 9.48 Å². The molecular formula is C22H29N5O2. The summed E-state index contributed by atoms with van der Waals surface area (Å²) in [6.45, 7) is 1.33. The number of nitriles is 1. The van der Waals surface area contributed by atoms with Crippen molar-refractivity contribution in [1.82, 2.24) is 15.1 Å². The second kappa shape index (κ2) is 9.68. The first-order valence-corrected chi connectivity index (χ1v) is 10.1. The lowest BCUT2D eigenvalue weighted by atomic mass is 9.81. The molecule has 3 N–H and O–H groups in total. The highest BCUT2D eigenvalue weighted by Crippen LogP contribution is 2.26. The zero-order valence-electron chi connectivity index (χ0n) is 16.9. The summed E-state index contributed by atoms with van der Waals surface area (Å²) < 4.78 is 6.92. The molecule has 7 heteroatoms. The Balaban J connectivity index is 1.59. The van der Waals surface area contributed by atoms with E-state index in [2.05, 4.69) is 16.5 Å². The predicted octanol–water partition coefficient (Wildman–Crippen LogP) is 2.41. The molecule has 0 aliphatic heterocycles. The van der Waals surface area contributed by atoms with Gasteiger partial charge in [0.15, 0.2) is 0 Å². The van der Waals surface area contributed by atoms with Crippen molar-refractivity contribution >= 4 is 5.91 Å². The predicted molar refractivity (Wildman–Crippen MR) is 111 cm³/mol. The van der Waals surface area contributed by atoms with E-state index in [-0.39, 0.29) is 5.91 Å². The van der Waals surface area contributed by atoms with Crippen molar-refractivity contribution in [3.05, 3.63) is 42.2 Å². The number of aromatic nitrogens is 2. The molecule has 1 fully saturated rings. The van der Waals surface area contributed by atoms with Gasteiger partial charge < -0.3 is 15.8 Å². The van der Waals surface area contributed by atoms with Crippen LogP contribution in [0.15, 0.2) is 36.7 Å². The SMILES string of the molecule is COCCn1cc(-c2ccc(C[C@@H](C#N)NC(=O)C3(N)CCCCC3)cc2)cn1. The summed E-state index contributed by atoms with van der Waals surface area (Å²) in [5, 5.41) is 16.7. The quantitative estimate of drug-likeness (QED) is 0.714. The number of hydrogen-bond donors (Lipinski definition) is 2. The van der Waals surface area contributed by atoms with Crippen LogP contribution in [0.25, 0.3) is 11.1 Å². The van der Waals surface area contributed by atoms with E-state index < -0.39 is 11.6 Å². The number of hydrogen-bond acceptors (Lipinski definition) is 5. The van der Waals surface area contributed by atoms with Crippen LogP contribution in [-0.2, 0) is 22.5 Å². The van der Waals surface area contributed by atoms with Crippen LogP contribution in [0.2, 0.25) is 0 Å². The molecular weight excluding hydrogens is 366 g/mol. The number of amides is 1. The number of carbonyl (C=O) groups excluding carboxylic acids is 1. The number of methoxy groups -OCH3 is 1. The van der Waals surface area contributed by atoms with Gasteiger partial charge >= 0.3 is 0 Å². The molecule has 1 heterocycles. The molecule has 0 radical (unpaired) electrons. The number of rotatable bonds is 8. The van der Waals surface area contributed by atoms with Crippen LogP contribution in [0.4, 0.5) is 0 Å². The average Bonchev–Trinajstić information content (AvgIpc) is 3.21. The van der Waals surface area contributed by atoms with Crippen LogP contribution in [0, 0.1) is 11.3 Å². The highest BCUT2D eigenvalue weighted by molar-refractivity contribution is 5.86. The fraction of sp³-hybridized carbons (Fsp3) is 0.500. The average molecular weight is 396 g/mol. The van der Waals surface area contributed by atoms with Crippen LogP contribution in [0.3, 0.4) is 0 Å². The second-order valence-electron chi connectivity index (χ2n) is 7.76. The van der Waals surface area contributed by atoms with E-state index in [4.69, 9.17) is 10.5 Å². The molecule has 0 bridgehead atoms. The standard InChI is InChI=1S/C22H29N5O2/c1-29-12-11-27-16-19(15-25-27)18-7-5-17(6-8-18)13-20(14-23)26-21(28)22(24)9-3-2-4-10-22/h5-8,15-16,20H,2-4,9-13,24H2,1H3,(H,26,28)/t20-/m0/s1. The Kier molecular flexibility index (Phi) is 7.02. The van der Waals surface area contributed by atoms with Crippen LogP contribution in [0.1, 0.15) is 37.7 Å². The lowest BCUT2D eigenvalue weighted by molar-refractivity contribution is -0.127. The van der Waals surface area contributed by atoms with E-state index in [1.54, 1.807) is 7.11 Å². The highest BCUT2D eigenvalue weighted by atomic mass is 16.5. The van der Waals surface area contributed by atoms with Crippen molar-refractivity contribution in [2.24, 2.45) is 5.73 Å². The number of ether oxygens (including phenoxy) is 1. The minimum absolute atomic E-state index is 0.205. The molecule has 1 aromatic carbocycles. The van der Waals surface area contributed by atoms with Crippen molar-refractivity contribution in [2.75, 3.05) is 13.7 Å². The number of nitrogens with one attached hydrogen (secondary N) is 1. The van der Waals surface area contributed by atoms with E-state index >= 15 is 0 Å². The fourth-order valence-electron chi connectivity index (χ4n) is 3.73. The Morgan fingerprint density at radius 2 is 2.03 bits per heavy atom. The topological polar surface area (TPSA) is 106 Å². The minimum Gasteiger partial charge on any atom is -0.383 e. The second-order valence-corrected chi connectivity index (χ2v) is 7.76. The largest absolute Gasteiger partial charge is 0.383 e. The molecule has 7 nitrogen and oxygen atoms in total. The van der Waals surface area contributed by atoms with Gasteiger partial charge in [0.1, 0.15) is 6.04 Å². The van der Waals surface area contributed by atoms with Crippen molar-refractivity contribution < 1.29 is 9.53 Å². The third-order valence-electron chi connectivity index (χ3n) is 5.54. The van der Waals surface area contributed by atoms with E-state index in [0.717, 1.165) is 36.0 Å². The third-order valence-corrected chi connectivity index (χ3v) is 5.54. The number of benzene rings is 1. The summed E-state index contributed by atoms with van der Waals surface area (Å²) in [6.07, 6.45) is 8.67. The maximum atomic E-state index is 12.6. The number of nitrogens with two attached hydrogens (primary N) is 1. The summed E-state index contributed by atoms with van der Waals surface area (Å²) >= 11 is 0. The van der Waals surface area contributed by atoms with Gasteiger partial charge in [-0.25, -0.2) is 0 Å². The van der Waals surface area contributed by atoms with Gasteiger partial charge in [-0.2, -0.15) is 10.4 Å². The van der Waals surface area contributed by atoms with Crippen LogP contribution >= 0.6 is 0 Å². The molecule has 1 aliphatic rings. The van der Waals surface area contributed by atoms with Crippen molar-refractivity contribution in [3.63, 3.8) is 0 Å². The summed E-state index contributed by atoms with van der Waals surface area (Å²) in [7, 11) is 1.67. The first-order valence-electron chi connectivity index (χ1n) is 10.1. The molecule has 1 atom stereocenters. The Bertz CT molecular complexity index is 847. The fourth-order valence-corrected chi connectivity index (χ4v) is 3.73. The van der Waals surface area contributed by atoms with Crippen molar-refractivity contribution in [1.29, 1.82) is 5.26 Å². The molecule has 1 amide bonds. The molecule has 1 aliphatic carbocycles. The normalized spacial score (nSPS) is 16.7. The molecule has 0 spiro atoms. The summed E-state index contributed by atoms with van der Waals surface area (Å²) in [5.41, 5.74) is 8.52. The first kappa shape index (κ1) is 21.0. The zero-order chi connectivity index (χ0) is 20.7. The first-order chi connectivity index (χ1) is 14.0. The van der Waals surface area contributed by atoms with Gasteiger partial charge in [-0.1, -0.05) is 43.5 Å². The zero-order valence-corrected chi connectivity index (χ0v) is 16.9. The van der Waals surface area contributed by atoms with Gasteiger partial charge in [0.25, 0.3) is 0 Å². The van der Waals surface area contributed by atoms with Gasteiger partial charge in [0, 0.05) is 25.3 Å². The number of nitrogens with zero attached hydrogens (tertiary/aromatic N) is 3. The minimum atomic E-state index is -0.833. The van der Waals surface area contributed by atoms with E-state index in [0.29, 0.717) is 32.4 Å². The molecule has 1 saturated carbocycles. The van der Waals surface area contributed by atoms with Gasteiger partial charge in [-0.15, -0.1) is 0 Å². The summed E-state index contributed by atoms with van der Waals surface area (Å²) in [5.74, 6) is -0.205. The van der Waals surface area contributed by atoms with Crippen LogP contribution in [0.5, 0.6) is 0 Å². The summed E-state index contributed by atoms with van der Waals surface area (Å²) in [6, 6.07) is 9.59. The van der Waals surface area contributed by atoms with E-state index in [1.807, 2.05) is 41.3 Å². The molecule has 0 unspecified atom stereocenters. The Labute approximate surface area is 171 Å². The highest BCUT2D eigenvalue weighted by Gasteiger charge is 2.36. The monoisotopic (exact) mass is 395 g/mol. The molecule has 3 rings (SSSR count). The third kappa shape index (κ3) is 5.43. The van der Waals surface area contributed by atoms with Gasteiger partial charge in [0.2, 0.25) is 5.91 Å². The van der Waals surface area contributed by atoms with Crippen LogP contribution in [-0.4, -0.2) is 41.0 Å². The lowest BCUT2D eigenvalue weighted by Gasteiger charge is -2.32. The van der Waals surface area contributed by atoms with Gasteiger partial charge in [0.05, 0.1) is 31.0 Å². The Morgan fingerprint density at radius 1 is 1.31 bits per heavy atom. The van der Waals surface area contributed by atoms with Crippen molar-refractivity contribution in [2.45, 2.75) is 56.7 Å². The van der Waals surface area contributed by atoms with Crippen molar-refractivity contribution in [3.8, 4) is 17.2 Å². The molecule has 154 valence electrons. The molecule has 0 saturated heterocycles. The smallest absolute Gasteiger partial charge is 0.241 e. The number of carbonyl (C=O) groups is 1.